The zero-order chi connectivity index (χ0) is 32.6. The van der Waals surface area contributed by atoms with Gasteiger partial charge in [-0.1, -0.05) is 30.3 Å². The third-order valence-corrected chi connectivity index (χ3v) is 6.92. The van der Waals surface area contributed by atoms with Crippen LogP contribution in [0.15, 0.2) is 48.5 Å². The first kappa shape index (κ1) is 35.1. The molecular weight excluding hydrogens is 580 g/mol. The molecule has 242 valence electrons. The van der Waals surface area contributed by atoms with Crippen molar-refractivity contribution in [3.8, 4) is 11.3 Å². The molecule has 0 spiro atoms. The van der Waals surface area contributed by atoms with Crippen LogP contribution in [-0.2, 0) is 23.7 Å². The van der Waals surface area contributed by atoms with Crippen LogP contribution < -0.4 is 9.80 Å². The molecule has 3 aromatic rings. The minimum atomic E-state index is -1.01. The number of aromatic carboxylic acids is 1. The maximum absolute atomic E-state index is 11.9. The molecule has 0 aliphatic heterocycles. The molecule has 0 unspecified atom stereocenters. The summed E-state index contributed by atoms with van der Waals surface area (Å²) in [6.07, 6.45) is 3.78. The largest absolute Gasteiger partial charge is 0.478 e. The minimum Gasteiger partial charge on any atom is -0.478 e. The van der Waals surface area contributed by atoms with Crippen LogP contribution in [0.5, 0.6) is 0 Å². The van der Waals surface area contributed by atoms with Crippen LogP contribution in [0.25, 0.3) is 23.4 Å². The number of carboxylic acid groups (broad SMARTS) is 1. The maximum atomic E-state index is 11.9. The Morgan fingerprint density at radius 3 is 1.62 bits per heavy atom. The van der Waals surface area contributed by atoms with E-state index >= 15 is 0 Å². The number of hydrogen-bond acceptors (Lipinski definition) is 11. The summed E-state index contributed by atoms with van der Waals surface area (Å²) in [4.78, 5) is 38.0. The highest BCUT2D eigenvalue weighted by Gasteiger charge is 2.23. The lowest BCUT2D eigenvalue weighted by atomic mass is 10.1. The Labute approximate surface area is 264 Å². The van der Waals surface area contributed by atoms with Gasteiger partial charge in [0.15, 0.2) is 11.6 Å². The monoisotopic (exact) mass is 622 g/mol. The Hall–Kier alpha value is -4.36. The van der Waals surface area contributed by atoms with Gasteiger partial charge in [0.2, 0.25) is 0 Å². The van der Waals surface area contributed by atoms with E-state index in [2.05, 4.69) is 0 Å². The first-order chi connectivity index (χ1) is 21.9. The van der Waals surface area contributed by atoms with Gasteiger partial charge in [-0.3, -0.25) is 0 Å². The van der Waals surface area contributed by atoms with Crippen molar-refractivity contribution in [3.05, 3.63) is 70.9 Å². The number of carbonyl (C=O) groups is 2. The highest BCUT2D eigenvalue weighted by atomic mass is 16.5. The smallest absolute Gasteiger partial charge is 0.337 e. The van der Waals surface area contributed by atoms with Crippen molar-refractivity contribution >= 4 is 35.7 Å². The van der Waals surface area contributed by atoms with Crippen LogP contribution in [0.2, 0.25) is 0 Å². The molecule has 0 atom stereocenters. The van der Waals surface area contributed by atoms with E-state index in [0.717, 1.165) is 5.56 Å². The quantitative estimate of drug-likeness (QED) is 0.194. The molecule has 45 heavy (non-hydrogen) atoms. The van der Waals surface area contributed by atoms with Crippen LogP contribution in [0.3, 0.4) is 0 Å². The molecule has 1 N–H and O–H groups in total. The van der Waals surface area contributed by atoms with E-state index in [-0.39, 0.29) is 5.56 Å². The van der Waals surface area contributed by atoms with Gasteiger partial charge in [-0.05, 0) is 35.9 Å². The molecule has 0 aliphatic rings. The zero-order valence-corrected chi connectivity index (χ0v) is 26.5. The number of nitrogens with zero attached hydrogens (tertiary/aromatic N) is 4. The summed E-state index contributed by atoms with van der Waals surface area (Å²) in [5.74, 6) is -0.226. The second-order valence-electron chi connectivity index (χ2n) is 9.88. The van der Waals surface area contributed by atoms with Gasteiger partial charge in [0.25, 0.3) is 0 Å². The fourth-order valence-electron chi connectivity index (χ4n) is 4.44. The number of rotatable bonds is 19. The number of benzene rings is 2. The molecule has 0 saturated heterocycles. The van der Waals surface area contributed by atoms with E-state index in [1.165, 1.54) is 7.11 Å². The summed E-state index contributed by atoms with van der Waals surface area (Å²) in [6.45, 7) is 3.86. The predicted molar refractivity (Wildman–Crippen MR) is 173 cm³/mol. The number of anilines is 2. The number of methoxy groups -OCH3 is 5. The minimum absolute atomic E-state index is 0.170. The standard InChI is InChI=1S/C33H42N4O8/c1-41-20-16-36(17-21-42-2)30-28(15-8-24-6-9-27(10-7-24)33(40)45-5)34-31(37(18-22-43-3)19-23-44-4)29(35-30)25-11-13-26(14-12-25)32(38)39/h6-15H,16-23H2,1-5H3,(H,38,39)/b15-8+. The lowest BCUT2D eigenvalue weighted by molar-refractivity contribution is 0.0599. The average molecular weight is 623 g/mol. The van der Waals surface area contributed by atoms with E-state index in [1.54, 1.807) is 64.8 Å². The van der Waals surface area contributed by atoms with Gasteiger partial charge in [0.05, 0.1) is 44.7 Å². The van der Waals surface area contributed by atoms with Gasteiger partial charge in [0.1, 0.15) is 11.4 Å². The van der Waals surface area contributed by atoms with Gasteiger partial charge in [-0.25, -0.2) is 19.6 Å². The number of hydrogen-bond donors (Lipinski definition) is 1. The Kier molecular flexibility index (Phi) is 14.4. The molecule has 1 heterocycles. The molecule has 0 amide bonds. The molecule has 0 saturated carbocycles. The van der Waals surface area contributed by atoms with E-state index < -0.39 is 11.9 Å². The van der Waals surface area contributed by atoms with Crippen molar-refractivity contribution in [1.29, 1.82) is 0 Å². The van der Waals surface area contributed by atoms with E-state index in [4.69, 9.17) is 33.7 Å². The normalized spacial score (nSPS) is 11.1. The van der Waals surface area contributed by atoms with Gasteiger partial charge in [-0.2, -0.15) is 0 Å². The van der Waals surface area contributed by atoms with E-state index in [0.29, 0.717) is 86.8 Å². The van der Waals surface area contributed by atoms with E-state index in [9.17, 15) is 14.7 Å². The first-order valence-electron chi connectivity index (χ1n) is 14.4. The average Bonchev–Trinajstić information content (AvgIpc) is 3.07. The predicted octanol–water partition coefficient (Wildman–Crippen LogP) is 4.00. The third kappa shape index (κ3) is 10.1. The molecule has 0 fully saturated rings. The molecule has 0 bridgehead atoms. The van der Waals surface area contributed by atoms with Gasteiger partial charge >= 0.3 is 11.9 Å². The van der Waals surface area contributed by atoms with Crippen molar-refractivity contribution in [2.24, 2.45) is 0 Å². The van der Waals surface area contributed by atoms with Gasteiger partial charge < -0.3 is 38.6 Å². The van der Waals surface area contributed by atoms with E-state index in [1.807, 2.05) is 34.1 Å². The van der Waals surface area contributed by atoms with Crippen LogP contribution in [0, 0.1) is 0 Å². The summed E-state index contributed by atoms with van der Waals surface area (Å²) >= 11 is 0. The zero-order valence-electron chi connectivity index (χ0n) is 26.5. The Morgan fingerprint density at radius 1 is 0.667 bits per heavy atom. The molecule has 3 rings (SSSR count). The fourth-order valence-corrected chi connectivity index (χ4v) is 4.44. The molecule has 12 heteroatoms. The van der Waals surface area contributed by atoms with Crippen molar-refractivity contribution in [2.75, 3.05) is 98.0 Å². The molecular formula is C33H42N4O8. The summed E-state index contributed by atoms with van der Waals surface area (Å²) in [6, 6.07) is 13.6. The second kappa shape index (κ2) is 18.4. The fraction of sp³-hybridized carbons (Fsp3) is 0.394. The number of carbonyl (C=O) groups excluding carboxylic acids is 1. The van der Waals surface area contributed by atoms with Gasteiger partial charge in [-0.15, -0.1) is 0 Å². The topological polar surface area (TPSA) is 133 Å². The summed E-state index contributed by atoms with van der Waals surface area (Å²) in [5, 5.41) is 9.48. The number of carboxylic acids is 1. The number of aromatic nitrogens is 2. The SMILES string of the molecule is COCCN(CCOC)c1nc(-c2ccc(C(=O)O)cc2)c(N(CCOC)CCOC)nc1/C=C/c1ccc(C(=O)OC)cc1. The Balaban J connectivity index is 2.25. The maximum Gasteiger partial charge on any atom is 0.337 e. The van der Waals surface area contributed by atoms with Crippen molar-refractivity contribution < 1.29 is 38.4 Å². The van der Waals surface area contributed by atoms with Crippen LogP contribution in [0.4, 0.5) is 11.6 Å². The Morgan fingerprint density at radius 2 is 1.16 bits per heavy atom. The lowest BCUT2D eigenvalue weighted by Gasteiger charge is -2.29. The van der Waals surface area contributed by atoms with Crippen molar-refractivity contribution in [1.82, 2.24) is 9.97 Å². The summed E-state index contributed by atoms with van der Waals surface area (Å²) in [5.41, 5.74) is 3.35. The van der Waals surface area contributed by atoms with Gasteiger partial charge in [0, 0.05) is 60.2 Å². The second-order valence-corrected chi connectivity index (χ2v) is 9.88. The van der Waals surface area contributed by atoms with Crippen LogP contribution >= 0.6 is 0 Å². The molecule has 1 aromatic heterocycles. The highest BCUT2D eigenvalue weighted by Crippen LogP contribution is 2.33. The number of esters is 1. The molecule has 2 aromatic carbocycles. The molecule has 0 radical (unpaired) electrons. The van der Waals surface area contributed by atoms with Crippen LogP contribution in [0.1, 0.15) is 32.0 Å². The first-order valence-corrected chi connectivity index (χ1v) is 14.4. The summed E-state index contributed by atoms with van der Waals surface area (Å²) < 4.78 is 26.4. The van der Waals surface area contributed by atoms with Crippen LogP contribution in [-0.4, -0.2) is 115 Å². The number of ether oxygens (including phenoxy) is 5. The van der Waals surface area contributed by atoms with Crippen molar-refractivity contribution in [2.45, 2.75) is 0 Å². The van der Waals surface area contributed by atoms with Crippen molar-refractivity contribution in [3.63, 3.8) is 0 Å². The summed E-state index contributed by atoms with van der Waals surface area (Å²) in [7, 11) is 7.90. The molecule has 0 aliphatic carbocycles. The molecule has 12 nitrogen and oxygen atoms in total. The lowest BCUT2D eigenvalue weighted by Crippen LogP contribution is -2.34. The highest BCUT2D eigenvalue weighted by molar-refractivity contribution is 5.90. The third-order valence-electron chi connectivity index (χ3n) is 6.92. The Bertz CT molecular complexity index is 1380.